The lowest BCUT2D eigenvalue weighted by molar-refractivity contribution is -0.157. The van der Waals surface area contributed by atoms with Gasteiger partial charge in [0.15, 0.2) is 6.10 Å². The highest BCUT2D eigenvalue weighted by molar-refractivity contribution is 5.96. The standard InChI is InChI=1S/C16H21NO4/c1-11(21-16(19)12-7-3-4-8-12)15(18)17-13-9-5-6-10-14(13)20-2/h5-6,9-12H,3-4,7-8H2,1-2H3,(H,17,18)/t11-/m0/s1. The van der Waals surface area contributed by atoms with Crippen molar-refractivity contribution in [1.29, 1.82) is 0 Å². The van der Waals surface area contributed by atoms with Crippen LogP contribution < -0.4 is 10.1 Å². The predicted octanol–water partition coefficient (Wildman–Crippen LogP) is 2.76. The summed E-state index contributed by atoms with van der Waals surface area (Å²) in [7, 11) is 1.54. The van der Waals surface area contributed by atoms with Gasteiger partial charge in [-0.2, -0.15) is 0 Å². The number of carbonyl (C=O) groups excluding carboxylic acids is 2. The van der Waals surface area contributed by atoms with E-state index in [4.69, 9.17) is 9.47 Å². The van der Waals surface area contributed by atoms with Crippen molar-refractivity contribution < 1.29 is 19.1 Å². The van der Waals surface area contributed by atoms with Crippen molar-refractivity contribution in [3.05, 3.63) is 24.3 Å². The number of carbonyl (C=O) groups is 2. The summed E-state index contributed by atoms with van der Waals surface area (Å²) in [5.41, 5.74) is 0.564. The summed E-state index contributed by atoms with van der Waals surface area (Å²) in [6.07, 6.45) is 3.02. The van der Waals surface area contributed by atoms with Gasteiger partial charge in [0.1, 0.15) is 5.75 Å². The molecule has 1 atom stereocenters. The van der Waals surface area contributed by atoms with Gasteiger partial charge in [0.05, 0.1) is 18.7 Å². The Bertz CT molecular complexity index is 509. The number of hydrogen-bond donors (Lipinski definition) is 1. The number of esters is 1. The third-order valence-corrected chi connectivity index (χ3v) is 3.72. The van der Waals surface area contributed by atoms with Gasteiger partial charge in [0, 0.05) is 0 Å². The minimum absolute atomic E-state index is 0.0495. The molecule has 1 aromatic rings. The van der Waals surface area contributed by atoms with E-state index >= 15 is 0 Å². The van der Waals surface area contributed by atoms with E-state index in [1.807, 2.05) is 6.07 Å². The lowest BCUT2D eigenvalue weighted by Gasteiger charge is -2.17. The van der Waals surface area contributed by atoms with Gasteiger partial charge < -0.3 is 14.8 Å². The molecule has 0 radical (unpaired) electrons. The molecule has 0 aliphatic heterocycles. The van der Waals surface area contributed by atoms with Crippen LogP contribution in [0.3, 0.4) is 0 Å². The highest BCUT2D eigenvalue weighted by Gasteiger charge is 2.27. The Balaban J connectivity index is 1.91. The first-order chi connectivity index (χ1) is 10.1. The van der Waals surface area contributed by atoms with E-state index in [9.17, 15) is 9.59 Å². The van der Waals surface area contributed by atoms with Crippen LogP contribution in [0.2, 0.25) is 0 Å². The maximum Gasteiger partial charge on any atom is 0.309 e. The quantitative estimate of drug-likeness (QED) is 0.847. The van der Waals surface area contributed by atoms with Crippen molar-refractivity contribution in [2.45, 2.75) is 38.7 Å². The van der Waals surface area contributed by atoms with Crippen LogP contribution in [0.4, 0.5) is 5.69 Å². The molecule has 1 N–H and O–H groups in total. The molecule has 0 spiro atoms. The van der Waals surface area contributed by atoms with E-state index in [0.717, 1.165) is 25.7 Å². The average Bonchev–Trinajstić information content (AvgIpc) is 3.02. The van der Waals surface area contributed by atoms with Crippen LogP contribution in [0.5, 0.6) is 5.75 Å². The first-order valence-corrected chi connectivity index (χ1v) is 7.26. The number of rotatable bonds is 5. The fourth-order valence-corrected chi connectivity index (χ4v) is 2.47. The monoisotopic (exact) mass is 291 g/mol. The van der Waals surface area contributed by atoms with Crippen molar-refractivity contribution in [2.24, 2.45) is 5.92 Å². The number of methoxy groups -OCH3 is 1. The minimum atomic E-state index is -0.817. The highest BCUT2D eigenvalue weighted by Crippen LogP contribution is 2.26. The number of anilines is 1. The van der Waals surface area contributed by atoms with Crippen molar-refractivity contribution in [3.8, 4) is 5.75 Å². The molecular formula is C16H21NO4. The molecule has 5 heteroatoms. The van der Waals surface area contributed by atoms with Crippen LogP contribution in [0.25, 0.3) is 0 Å². The first-order valence-electron chi connectivity index (χ1n) is 7.26. The normalized spacial score (nSPS) is 16.3. The Morgan fingerprint density at radius 1 is 1.24 bits per heavy atom. The summed E-state index contributed by atoms with van der Waals surface area (Å²) in [5.74, 6) is -0.104. The zero-order valence-electron chi connectivity index (χ0n) is 12.4. The zero-order chi connectivity index (χ0) is 15.2. The third-order valence-electron chi connectivity index (χ3n) is 3.72. The maximum absolute atomic E-state index is 12.1. The smallest absolute Gasteiger partial charge is 0.309 e. The van der Waals surface area contributed by atoms with Crippen molar-refractivity contribution >= 4 is 17.6 Å². The summed E-state index contributed by atoms with van der Waals surface area (Å²) >= 11 is 0. The van der Waals surface area contributed by atoms with Gasteiger partial charge in [-0.05, 0) is 31.9 Å². The van der Waals surface area contributed by atoms with Crippen LogP contribution in [0.1, 0.15) is 32.6 Å². The topological polar surface area (TPSA) is 64.6 Å². The molecule has 0 saturated heterocycles. The largest absolute Gasteiger partial charge is 0.495 e. The molecule has 0 aromatic heterocycles. The Labute approximate surface area is 124 Å². The molecule has 1 aliphatic rings. The van der Waals surface area contributed by atoms with E-state index in [0.29, 0.717) is 11.4 Å². The van der Waals surface area contributed by atoms with Crippen LogP contribution >= 0.6 is 0 Å². The van der Waals surface area contributed by atoms with Gasteiger partial charge >= 0.3 is 5.97 Å². The van der Waals surface area contributed by atoms with E-state index in [1.165, 1.54) is 7.11 Å². The van der Waals surface area contributed by atoms with E-state index in [1.54, 1.807) is 25.1 Å². The van der Waals surface area contributed by atoms with Crippen molar-refractivity contribution in [3.63, 3.8) is 0 Å². The van der Waals surface area contributed by atoms with E-state index in [-0.39, 0.29) is 17.8 Å². The molecule has 5 nitrogen and oxygen atoms in total. The molecule has 0 bridgehead atoms. The molecule has 1 aromatic carbocycles. The lowest BCUT2D eigenvalue weighted by atomic mass is 10.1. The summed E-state index contributed by atoms with van der Waals surface area (Å²) in [6.45, 7) is 1.58. The second-order valence-electron chi connectivity index (χ2n) is 5.25. The van der Waals surface area contributed by atoms with Crippen molar-refractivity contribution in [1.82, 2.24) is 0 Å². The fraction of sp³-hybridized carbons (Fsp3) is 0.500. The van der Waals surface area contributed by atoms with Gasteiger partial charge in [-0.1, -0.05) is 25.0 Å². The number of hydrogen-bond acceptors (Lipinski definition) is 4. The third kappa shape index (κ3) is 3.97. The molecule has 0 unspecified atom stereocenters. The second-order valence-corrected chi connectivity index (χ2v) is 5.25. The van der Waals surface area contributed by atoms with Crippen LogP contribution in [-0.2, 0) is 14.3 Å². The summed E-state index contributed by atoms with van der Waals surface area (Å²) in [4.78, 5) is 24.0. The van der Waals surface area contributed by atoms with Gasteiger partial charge in [0.25, 0.3) is 5.91 Å². The number of ether oxygens (including phenoxy) is 2. The fourth-order valence-electron chi connectivity index (χ4n) is 2.47. The summed E-state index contributed by atoms with van der Waals surface area (Å²) in [6, 6.07) is 7.11. The molecule has 1 aliphatic carbocycles. The molecule has 1 amide bonds. The zero-order valence-corrected chi connectivity index (χ0v) is 12.4. The summed E-state index contributed by atoms with van der Waals surface area (Å²) in [5, 5.41) is 2.72. The molecule has 21 heavy (non-hydrogen) atoms. The van der Waals surface area contributed by atoms with Gasteiger partial charge in [-0.3, -0.25) is 9.59 Å². The highest BCUT2D eigenvalue weighted by atomic mass is 16.5. The van der Waals surface area contributed by atoms with Crippen LogP contribution in [0, 0.1) is 5.92 Å². The SMILES string of the molecule is COc1ccccc1NC(=O)[C@H](C)OC(=O)C1CCCC1. The minimum Gasteiger partial charge on any atom is -0.495 e. The molecule has 2 rings (SSSR count). The Kier molecular flexibility index (Phi) is 5.20. The van der Waals surface area contributed by atoms with Gasteiger partial charge in [-0.15, -0.1) is 0 Å². The van der Waals surface area contributed by atoms with E-state index in [2.05, 4.69) is 5.32 Å². The predicted molar refractivity (Wildman–Crippen MR) is 79.1 cm³/mol. The van der Waals surface area contributed by atoms with Gasteiger partial charge in [-0.25, -0.2) is 0 Å². The number of benzene rings is 1. The number of nitrogens with one attached hydrogen (secondary N) is 1. The number of amides is 1. The van der Waals surface area contributed by atoms with E-state index < -0.39 is 6.10 Å². The first kappa shape index (κ1) is 15.4. The molecular weight excluding hydrogens is 270 g/mol. The molecule has 0 heterocycles. The average molecular weight is 291 g/mol. The molecule has 114 valence electrons. The second kappa shape index (κ2) is 7.11. The molecule has 1 saturated carbocycles. The van der Waals surface area contributed by atoms with Crippen LogP contribution in [0.15, 0.2) is 24.3 Å². The lowest BCUT2D eigenvalue weighted by Crippen LogP contribution is -2.31. The Morgan fingerprint density at radius 2 is 1.90 bits per heavy atom. The number of para-hydroxylation sites is 2. The molecule has 1 fully saturated rings. The Hall–Kier alpha value is -2.04. The van der Waals surface area contributed by atoms with Crippen molar-refractivity contribution in [2.75, 3.05) is 12.4 Å². The maximum atomic E-state index is 12.1. The van der Waals surface area contributed by atoms with Gasteiger partial charge in [0.2, 0.25) is 0 Å². The summed E-state index contributed by atoms with van der Waals surface area (Å²) < 4.78 is 10.4. The Morgan fingerprint density at radius 3 is 2.57 bits per heavy atom. The van der Waals surface area contributed by atoms with Crippen LogP contribution in [-0.4, -0.2) is 25.1 Å².